The highest BCUT2D eigenvalue weighted by Crippen LogP contribution is 2.40. The summed E-state index contributed by atoms with van der Waals surface area (Å²) >= 11 is 0. The summed E-state index contributed by atoms with van der Waals surface area (Å²) in [6.07, 6.45) is 7.13. The van der Waals surface area contributed by atoms with Gasteiger partial charge in [0, 0.05) is 18.3 Å². The Morgan fingerprint density at radius 1 is 1.00 bits per heavy atom. The lowest BCUT2D eigenvalue weighted by molar-refractivity contribution is -0.124. The maximum absolute atomic E-state index is 16.7. The Balaban J connectivity index is 1.25. The minimum Gasteiger partial charge on any atom is -0.461 e. The van der Waals surface area contributed by atoms with E-state index in [1.165, 1.54) is 0 Å². The van der Waals surface area contributed by atoms with Gasteiger partial charge in [-0.1, -0.05) is 36.4 Å². The fourth-order valence-electron chi connectivity index (χ4n) is 7.95. The van der Waals surface area contributed by atoms with Crippen LogP contribution >= 0.6 is 0 Å². The maximum Gasteiger partial charge on any atom is 0.322 e. The number of hydrogen-bond donors (Lipinski definition) is 2. The van der Waals surface area contributed by atoms with Gasteiger partial charge < -0.3 is 15.0 Å². The van der Waals surface area contributed by atoms with Crippen LogP contribution in [0, 0.1) is 12.7 Å². The SMILES string of the molecule is Cc1cccc2cccc(-c3ncc4c(N5CCCC6(C5)NC(=O)NC6=O)nc(OCC56CCCN5CCC6)nc4c3F)c12. The molecule has 1 atom stereocenters. The second-order valence-corrected chi connectivity index (χ2v) is 12.7. The molecule has 4 aromatic rings. The highest BCUT2D eigenvalue weighted by Gasteiger charge is 2.49. The molecule has 0 saturated carbocycles. The number of nitrogens with one attached hydrogen (secondary N) is 2. The van der Waals surface area contributed by atoms with Crippen LogP contribution in [0.5, 0.6) is 6.01 Å². The monoisotopic (exact) mass is 595 g/mol. The summed E-state index contributed by atoms with van der Waals surface area (Å²) in [7, 11) is 0. The zero-order valence-corrected chi connectivity index (χ0v) is 24.7. The van der Waals surface area contributed by atoms with Crippen molar-refractivity contribution >= 4 is 39.4 Å². The fraction of sp³-hybridized carbons (Fsp3) is 0.424. The second kappa shape index (κ2) is 10.1. The molecule has 4 aliphatic rings. The third-order valence-corrected chi connectivity index (χ3v) is 10.1. The molecule has 4 aliphatic heterocycles. The van der Waals surface area contributed by atoms with Gasteiger partial charge in [-0.3, -0.25) is 20.0 Å². The second-order valence-electron chi connectivity index (χ2n) is 12.7. The van der Waals surface area contributed by atoms with Gasteiger partial charge in [-0.25, -0.2) is 9.18 Å². The molecule has 1 spiro atoms. The molecule has 0 aliphatic carbocycles. The van der Waals surface area contributed by atoms with E-state index in [1.54, 1.807) is 6.20 Å². The highest BCUT2D eigenvalue weighted by atomic mass is 19.1. The first-order valence-corrected chi connectivity index (χ1v) is 15.5. The smallest absolute Gasteiger partial charge is 0.322 e. The Bertz CT molecular complexity index is 1830. The number of ether oxygens (including phenoxy) is 1. The number of piperidine rings is 1. The van der Waals surface area contributed by atoms with Crippen molar-refractivity contribution in [2.24, 2.45) is 0 Å². The predicted octanol–water partition coefficient (Wildman–Crippen LogP) is 4.48. The molecule has 10 nitrogen and oxygen atoms in total. The minimum atomic E-state index is -1.08. The van der Waals surface area contributed by atoms with Crippen LogP contribution in [0.2, 0.25) is 0 Å². The largest absolute Gasteiger partial charge is 0.461 e. The lowest BCUT2D eigenvalue weighted by Crippen LogP contribution is -2.58. The number of aromatic nitrogens is 3. The minimum absolute atomic E-state index is 0.0394. The zero-order chi connectivity index (χ0) is 30.1. The number of hydrogen-bond acceptors (Lipinski definition) is 8. The van der Waals surface area contributed by atoms with Crippen LogP contribution in [0.1, 0.15) is 44.1 Å². The number of pyridine rings is 1. The number of halogens is 1. The van der Waals surface area contributed by atoms with Crippen molar-refractivity contribution in [3.8, 4) is 17.3 Å². The molecule has 44 heavy (non-hydrogen) atoms. The van der Waals surface area contributed by atoms with E-state index in [0.717, 1.165) is 55.1 Å². The summed E-state index contributed by atoms with van der Waals surface area (Å²) in [6, 6.07) is 11.4. The number of nitrogens with zero attached hydrogens (tertiary/aromatic N) is 5. The van der Waals surface area contributed by atoms with Crippen molar-refractivity contribution in [2.75, 3.05) is 37.7 Å². The maximum atomic E-state index is 16.7. The van der Waals surface area contributed by atoms with Gasteiger partial charge in [-0.05, 0) is 74.9 Å². The van der Waals surface area contributed by atoms with E-state index >= 15 is 4.39 Å². The Kier molecular flexibility index (Phi) is 6.23. The van der Waals surface area contributed by atoms with E-state index in [4.69, 9.17) is 9.72 Å². The fourth-order valence-corrected chi connectivity index (χ4v) is 7.95. The number of carbonyl (C=O) groups is 2. The van der Waals surface area contributed by atoms with Crippen LogP contribution < -0.4 is 20.3 Å². The Morgan fingerprint density at radius 3 is 2.55 bits per heavy atom. The molecule has 1 unspecified atom stereocenters. The van der Waals surface area contributed by atoms with Crippen LogP contribution in [0.4, 0.5) is 15.0 Å². The molecule has 0 radical (unpaired) electrons. The van der Waals surface area contributed by atoms with Gasteiger partial charge in [-0.2, -0.15) is 9.97 Å². The molecule has 11 heteroatoms. The number of imide groups is 1. The zero-order valence-electron chi connectivity index (χ0n) is 24.7. The number of benzene rings is 2. The normalized spacial score (nSPS) is 23.0. The lowest BCUT2D eigenvalue weighted by Gasteiger charge is -2.39. The van der Waals surface area contributed by atoms with Crippen molar-refractivity contribution in [3.63, 3.8) is 0 Å². The molecule has 8 rings (SSSR count). The van der Waals surface area contributed by atoms with Crippen molar-refractivity contribution in [1.82, 2.24) is 30.5 Å². The standard InChI is InChI=1S/C33H34FN7O3/c1-20-7-2-8-21-9-3-10-22(24(20)21)26-25(34)27-23(17-35-26)28(40-14-6-13-33(18-40)29(42)38-30(43)39-33)37-31(36-27)44-19-32-11-4-15-41(32)16-5-12-32/h2-3,7-10,17H,4-6,11-16,18-19H2,1H3,(H2,38,39,42,43). The topological polar surface area (TPSA) is 113 Å². The molecule has 3 amide bonds. The molecule has 4 saturated heterocycles. The number of carbonyl (C=O) groups excluding carboxylic acids is 2. The van der Waals surface area contributed by atoms with Crippen LogP contribution in [-0.2, 0) is 4.79 Å². The third kappa shape index (κ3) is 4.20. The molecule has 2 N–H and O–H groups in total. The number of anilines is 1. The number of aryl methyl sites for hydroxylation is 1. The van der Waals surface area contributed by atoms with Gasteiger partial charge in [0.1, 0.15) is 29.2 Å². The van der Waals surface area contributed by atoms with Gasteiger partial charge in [0.2, 0.25) is 0 Å². The first kappa shape index (κ1) is 27.2. The van der Waals surface area contributed by atoms with Crippen LogP contribution in [0.15, 0.2) is 42.6 Å². The number of fused-ring (bicyclic) bond motifs is 3. The van der Waals surface area contributed by atoms with E-state index in [-0.39, 0.29) is 35.2 Å². The molecule has 6 heterocycles. The average Bonchev–Trinajstić information content (AvgIpc) is 3.68. The molecule has 226 valence electrons. The Hall–Kier alpha value is -4.38. The van der Waals surface area contributed by atoms with Crippen molar-refractivity contribution < 1.29 is 18.7 Å². The van der Waals surface area contributed by atoms with Gasteiger partial charge in [0.25, 0.3) is 5.91 Å². The van der Waals surface area contributed by atoms with Gasteiger partial charge in [0.05, 0.1) is 17.5 Å². The van der Waals surface area contributed by atoms with Crippen molar-refractivity contribution in [2.45, 2.75) is 56.5 Å². The molecular weight excluding hydrogens is 561 g/mol. The van der Waals surface area contributed by atoms with Gasteiger partial charge in [-0.15, -0.1) is 0 Å². The molecular formula is C33H34FN7O3. The third-order valence-electron chi connectivity index (χ3n) is 10.1. The quantitative estimate of drug-likeness (QED) is 0.325. The van der Waals surface area contributed by atoms with E-state index in [0.29, 0.717) is 42.8 Å². The van der Waals surface area contributed by atoms with Crippen molar-refractivity contribution in [3.05, 3.63) is 54.0 Å². The van der Waals surface area contributed by atoms with E-state index in [1.807, 2.05) is 48.2 Å². The van der Waals surface area contributed by atoms with Crippen LogP contribution in [0.25, 0.3) is 32.9 Å². The lowest BCUT2D eigenvalue weighted by atomic mass is 9.89. The highest BCUT2D eigenvalue weighted by molar-refractivity contribution is 6.08. The summed E-state index contributed by atoms with van der Waals surface area (Å²) < 4.78 is 23.1. The first-order valence-electron chi connectivity index (χ1n) is 15.5. The predicted molar refractivity (Wildman–Crippen MR) is 164 cm³/mol. The Morgan fingerprint density at radius 2 is 1.77 bits per heavy atom. The Labute approximate surface area is 254 Å². The summed E-state index contributed by atoms with van der Waals surface area (Å²) in [4.78, 5) is 43.5. The number of urea groups is 1. The van der Waals surface area contributed by atoms with Gasteiger partial charge >= 0.3 is 12.0 Å². The van der Waals surface area contributed by atoms with Gasteiger partial charge in [0.15, 0.2) is 5.82 Å². The molecule has 0 bridgehead atoms. The molecule has 2 aromatic heterocycles. The summed E-state index contributed by atoms with van der Waals surface area (Å²) in [5.41, 5.74) is 0.931. The van der Waals surface area contributed by atoms with Crippen LogP contribution in [0.3, 0.4) is 0 Å². The van der Waals surface area contributed by atoms with E-state index in [9.17, 15) is 9.59 Å². The summed E-state index contributed by atoms with van der Waals surface area (Å²) in [5.74, 6) is -0.467. The van der Waals surface area contributed by atoms with E-state index < -0.39 is 17.4 Å². The number of rotatable bonds is 5. The number of amides is 3. The average molecular weight is 596 g/mol. The van der Waals surface area contributed by atoms with Crippen LogP contribution in [-0.4, -0.2) is 75.7 Å². The molecule has 4 fully saturated rings. The van der Waals surface area contributed by atoms with Crippen molar-refractivity contribution in [1.29, 1.82) is 0 Å². The molecule has 2 aromatic carbocycles. The summed E-state index contributed by atoms with van der Waals surface area (Å²) in [5, 5.41) is 7.57. The summed E-state index contributed by atoms with van der Waals surface area (Å²) in [6.45, 7) is 5.33. The van der Waals surface area contributed by atoms with E-state index in [2.05, 4.69) is 25.5 Å². The first-order chi connectivity index (χ1) is 21.4.